The van der Waals surface area contributed by atoms with E-state index in [1.54, 1.807) is 11.3 Å². The molecule has 1 atom stereocenters. The zero-order valence-corrected chi connectivity index (χ0v) is 12.4. The van der Waals surface area contributed by atoms with Gasteiger partial charge in [0.05, 0.1) is 6.10 Å². The van der Waals surface area contributed by atoms with Crippen LogP contribution in [0.25, 0.3) is 10.1 Å². The molecule has 0 saturated heterocycles. The molecule has 1 aromatic heterocycles. The van der Waals surface area contributed by atoms with Crippen LogP contribution < -0.4 is 0 Å². The average molecular weight is 274 g/mol. The third-order valence-corrected chi connectivity index (χ3v) is 5.79. The van der Waals surface area contributed by atoms with Gasteiger partial charge in [0.1, 0.15) is 0 Å². The van der Waals surface area contributed by atoms with Crippen LogP contribution in [0.2, 0.25) is 0 Å². The minimum atomic E-state index is -0.203. The number of hydrogen-bond acceptors (Lipinski definition) is 2. The van der Waals surface area contributed by atoms with E-state index >= 15 is 0 Å². The summed E-state index contributed by atoms with van der Waals surface area (Å²) in [6, 6.07) is 8.52. The first kappa shape index (κ1) is 13.1. The lowest BCUT2D eigenvalue weighted by molar-refractivity contribution is 0.0107. The zero-order chi connectivity index (χ0) is 13.3. The van der Waals surface area contributed by atoms with Crippen LogP contribution in [0.3, 0.4) is 0 Å². The van der Waals surface area contributed by atoms with Gasteiger partial charge in [-0.3, -0.25) is 0 Å². The minimum absolute atomic E-state index is 0.126. The molecule has 1 nitrogen and oxygen atoms in total. The van der Waals surface area contributed by atoms with Crippen LogP contribution in [0.15, 0.2) is 29.6 Å². The molecule has 3 rings (SSSR count). The molecule has 1 heterocycles. The molecule has 0 aliphatic heterocycles. The fraction of sp³-hybridized carbons (Fsp3) is 0.529. The van der Waals surface area contributed by atoms with Crippen molar-refractivity contribution in [2.45, 2.75) is 51.6 Å². The molecule has 1 aromatic carbocycles. The summed E-state index contributed by atoms with van der Waals surface area (Å²) in [5.74, 6) is 0. The second-order valence-electron chi connectivity index (χ2n) is 6.19. The van der Waals surface area contributed by atoms with Gasteiger partial charge >= 0.3 is 0 Å². The van der Waals surface area contributed by atoms with Crippen LogP contribution in [-0.2, 0) is 6.42 Å². The molecule has 1 N–H and O–H groups in total. The summed E-state index contributed by atoms with van der Waals surface area (Å²) >= 11 is 1.79. The van der Waals surface area contributed by atoms with Crippen molar-refractivity contribution in [3.8, 4) is 0 Å². The molecule has 102 valence electrons. The van der Waals surface area contributed by atoms with E-state index in [0.29, 0.717) is 0 Å². The lowest BCUT2D eigenvalue weighted by Gasteiger charge is -2.38. The van der Waals surface area contributed by atoms with Crippen molar-refractivity contribution >= 4 is 21.4 Å². The van der Waals surface area contributed by atoms with Gasteiger partial charge in [0.25, 0.3) is 0 Å². The Morgan fingerprint density at radius 2 is 1.95 bits per heavy atom. The number of thiophene rings is 1. The smallest absolute Gasteiger partial charge is 0.0634 e. The number of rotatable bonds is 3. The van der Waals surface area contributed by atoms with E-state index in [-0.39, 0.29) is 11.5 Å². The Morgan fingerprint density at radius 3 is 2.74 bits per heavy atom. The highest BCUT2D eigenvalue weighted by Gasteiger charge is 2.34. The minimum Gasteiger partial charge on any atom is -0.392 e. The standard InChI is InChI=1S/C17H22OS/c1-17(9-5-2-6-10-17)16(18)11-13-12-19-15-8-4-3-7-14(13)15/h3-4,7-8,12,16,18H,2,5-6,9-11H2,1H3. The maximum Gasteiger partial charge on any atom is 0.0634 e. The van der Waals surface area contributed by atoms with Crippen molar-refractivity contribution in [1.82, 2.24) is 0 Å². The van der Waals surface area contributed by atoms with E-state index in [2.05, 4.69) is 36.6 Å². The molecule has 0 radical (unpaired) electrons. The summed E-state index contributed by atoms with van der Waals surface area (Å²) in [7, 11) is 0. The Bertz CT molecular complexity index is 551. The fourth-order valence-electron chi connectivity index (χ4n) is 3.34. The van der Waals surface area contributed by atoms with Gasteiger partial charge in [-0.1, -0.05) is 44.4 Å². The van der Waals surface area contributed by atoms with Gasteiger partial charge in [-0.15, -0.1) is 11.3 Å². The SMILES string of the molecule is CC1(C(O)Cc2csc3ccccc23)CCCCC1. The number of hydrogen-bond donors (Lipinski definition) is 1. The molecular formula is C17H22OS. The number of aliphatic hydroxyl groups is 1. The van der Waals surface area contributed by atoms with Crippen molar-refractivity contribution in [3.05, 3.63) is 35.2 Å². The first-order chi connectivity index (χ1) is 9.19. The predicted octanol–water partition coefficient (Wildman–Crippen LogP) is 4.78. The van der Waals surface area contributed by atoms with Crippen LogP contribution in [0, 0.1) is 5.41 Å². The summed E-state index contributed by atoms with van der Waals surface area (Å²) in [6.45, 7) is 2.27. The Morgan fingerprint density at radius 1 is 1.21 bits per heavy atom. The summed E-state index contributed by atoms with van der Waals surface area (Å²) in [5.41, 5.74) is 1.45. The van der Waals surface area contributed by atoms with Crippen LogP contribution in [0.1, 0.15) is 44.6 Å². The van der Waals surface area contributed by atoms with Gasteiger partial charge in [-0.2, -0.15) is 0 Å². The molecular weight excluding hydrogens is 252 g/mol. The monoisotopic (exact) mass is 274 g/mol. The topological polar surface area (TPSA) is 20.2 Å². The number of benzene rings is 1. The van der Waals surface area contributed by atoms with Crippen LogP contribution in [-0.4, -0.2) is 11.2 Å². The molecule has 2 aromatic rings. The highest BCUT2D eigenvalue weighted by atomic mass is 32.1. The second-order valence-corrected chi connectivity index (χ2v) is 7.10. The van der Waals surface area contributed by atoms with E-state index in [9.17, 15) is 5.11 Å². The van der Waals surface area contributed by atoms with Crippen molar-refractivity contribution in [3.63, 3.8) is 0 Å². The highest BCUT2D eigenvalue weighted by Crippen LogP contribution is 2.40. The van der Waals surface area contributed by atoms with Gasteiger partial charge < -0.3 is 5.11 Å². The van der Waals surface area contributed by atoms with E-state index in [0.717, 1.165) is 6.42 Å². The first-order valence-corrected chi connectivity index (χ1v) is 8.20. The molecule has 0 spiro atoms. The first-order valence-electron chi connectivity index (χ1n) is 7.32. The molecule has 2 heteroatoms. The van der Waals surface area contributed by atoms with Crippen molar-refractivity contribution in [1.29, 1.82) is 0 Å². The van der Waals surface area contributed by atoms with Gasteiger partial charge in [-0.05, 0) is 40.7 Å². The molecule has 1 aliphatic carbocycles. The molecule has 1 aliphatic rings. The molecule has 0 amide bonds. The van der Waals surface area contributed by atoms with Crippen LogP contribution >= 0.6 is 11.3 Å². The number of aliphatic hydroxyl groups excluding tert-OH is 1. The van der Waals surface area contributed by atoms with Gasteiger partial charge in [0, 0.05) is 11.1 Å². The average Bonchev–Trinajstić information content (AvgIpc) is 2.83. The van der Waals surface area contributed by atoms with Gasteiger partial charge in [0.15, 0.2) is 0 Å². The largest absolute Gasteiger partial charge is 0.392 e. The molecule has 0 bridgehead atoms. The fourth-order valence-corrected chi connectivity index (χ4v) is 4.31. The quantitative estimate of drug-likeness (QED) is 0.854. The second kappa shape index (κ2) is 5.26. The molecule has 19 heavy (non-hydrogen) atoms. The molecule has 1 unspecified atom stereocenters. The summed E-state index contributed by atoms with van der Waals surface area (Å²) in [6.07, 6.45) is 6.85. The Labute approximate surface area is 119 Å². The van der Waals surface area contributed by atoms with E-state index in [1.165, 1.54) is 47.8 Å². The Hall–Kier alpha value is -0.860. The van der Waals surface area contributed by atoms with E-state index < -0.39 is 0 Å². The maximum absolute atomic E-state index is 10.7. The van der Waals surface area contributed by atoms with Crippen molar-refractivity contribution in [2.24, 2.45) is 5.41 Å². The summed E-state index contributed by atoms with van der Waals surface area (Å²) in [4.78, 5) is 0. The molecule has 1 saturated carbocycles. The van der Waals surface area contributed by atoms with Crippen molar-refractivity contribution in [2.75, 3.05) is 0 Å². The van der Waals surface area contributed by atoms with E-state index in [4.69, 9.17) is 0 Å². The predicted molar refractivity (Wildman–Crippen MR) is 82.7 cm³/mol. The van der Waals surface area contributed by atoms with Crippen LogP contribution in [0.5, 0.6) is 0 Å². The van der Waals surface area contributed by atoms with Gasteiger partial charge in [-0.25, -0.2) is 0 Å². The molecule has 1 fully saturated rings. The Balaban J connectivity index is 1.80. The van der Waals surface area contributed by atoms with E-state index in [1.807, 2.05) is 0 Å². The lowest BCUT2D eigenvalue weighted by atomic mass is 9.70. The normalized spacial score (nSPS) is 20.5. The third kappa shape index (κ3) is 2.56. The maximum atomic E-state index is 10.7. The third-order valence-electron chi connectivity index (χ3n) is 4.77. The summed E-state index contributed by atoms with van der Waals surface area (Å²) < 4.78 is 1.33. The number of fused-ring (bicyclic) bond motifs is 1. The summed E-state index contributed by atoms with van der Waals surface area (Å²) in [5, 5.41) is 14.2. The zero-order valence-electron chi connectivity index (χ0n) is 11.6. The van der Waals surface area contributed by atoms with Crippen molar-refractivity contribution < 1.29 is 5.11 Å². The highest BCUT2D eigenvalue weighted by molar-refractivity contribution is 7.17. The lowest BCUT2D eigenvalue weighted by Crippen LogP contribution is -2.35. The van der Waals surface area contributed by atoms with Crippen LogP contribution in [0.4, 0.5) is 0 Å². The Kier molecular flexibility index (Phi) is 3.64. The van der Waals surface area contributed by atoms with Gasteiger partial charge in [0.2, 0.25) is 0 Å².